The van der Waals surface area contributed by atoms with Crippen LogP contribution in [0.5, 0.6) is 0 Å². The number of carbonyl (C=O) groups is 3. The Kier molecular flexibility index (Phi) is 22.6. The second kappa shape index (κ2) is 19.8. The molecule has 9 N–H and O–H groups in total. The van der Waals surface area contributed by atoms with Crippen LogP contribution < -0.4 is 33.2 Å². The van der Waals surface area contributed by atoms with Crippen molar-refractivity contribution in [2.45, 2.75) is 51.6 Å². The van der Waals surface area contributed by atoms with Crippen molar-refractivity contribution in [3.8, 4) is 0 Å². The van der Waals surface area contributed by atoms with E-state index < -0.39 is 6.03 Å². The van der Waals surface area contributed by atoms with Crippen LogP contribution in [0.1, 0.15) is 39.5 Å². The van der Waals surface area contributed by atoms with Gasteiger partial charge in [0.15, 0.2) is 5.96 Å². The number of hydrogen-bond donors (Lipinski definition) is 6. The zero-order valence-corrected chi connectivity index (χ0v) is 19.2. The summed E-state index contributed by atoms with van der Waals surface area (Å²) in [7, 11) is 3.51. The second-order valence-electron chi connectivity index (χ2n) is 5.79. The molecule has 0 rings (SSSR count). The topological polar surface area (TPSA) is 178 Å². The fraction of sp³-hybridized carbons (Fsp3) is 0.750. The Bertz CT molecular complexity index is 457. The van der Waals surface area contributed by atoms with Crippen molar-refractivity contribution < 1.29 is 14.4 Å². The number of guanidine groups is 1. The summed E-state index contributed by atoms with van der Waals surface area (Å²) < 4.78 is 0. The fourth-order valence-corrected chi connectivity index (χ4v) is 2.12. The van der Waals surface area contributed by atoms with Crippen LogP contribution in [0.4, 0.5) is 4.79 Å². The van der Waals surface area contributed by atoms with Crippen LogP contribution in [0.3, 0.4) is 0 Å². The van der Waals surface area contributed by atoms with E-state index in [0.29, 0.717) is 19.5 Å². The molecular formula is C16H35CaN7O3+2. The fourth-order valence-electron chi connectivity index (χ4n) is 2.12. The molecule has 2 amide bonds. The number of Topliss-reactive ketones (excluding diaryl/α,β-unsaturated/α-hetero) is 2. The van der Waals surface area contributed by atoms with E-state index in [2.05, 4.69) is 20.9 Å². The summed E-state index contributed by atoms with van der Waals surface area (Å²) in [5, 5.41) is 8.29. The Hall–Kier alpha value is -0.940. The molecule has 0 aliphatic carbocycles. The van der Waals surface area contributed by atoms with Crippen LogP contribution in [-0.4, -0.2) is 101 Å². The number of nitrogens with one attached hydrogen (secondary N) is 3. The summed E-state index contributed by atoms with van der Waals surface area (Å²) >= 11 is 0. The van der Waals surface area contributed by atoms with E-state index in [1.165, 1.54) is 0 Å². The number of hydrogen-bond acceptors (Lipinski definition) is 6. The molecule has 0 bridgehead atoms. The van der Waals surface area contributed by atoms with Gasteiger partial charge in [-0.15, -0.1) is 0 Å². The Balaban J connectivity index is -0.000000411. The third kappa shape index (κ3) is 21.2. The van der Waals surface area contributed by atoms with Gasteiger partial charge >= 0.3 is 43.8 Å². The maximum absolute atomic E-state index is 11.0. The number of rotatable bonds is 12. The average Bonchev–Trinajstić information content (AvgIpc) is 2.54. The molecule has 0 aromatic rings. The zero-order valence-electron chi connectivity index (χ0n) is 17.0. The molecule has 10 nitrogen and oxygen atoms in total. The molecule has 0 aliphatic heterocycles. The number of nitrogens with two attached hydrogens (primary N) is 3. The average molecular weight is 414 g/mol. The molecule has 0 saturated carbocycles. The van der Waals surface area contributed by atoms with Gasteiger partial charge in [-0.2, -0.15) is 0 Å². The van der Waals surface area contributed by atoms with Crippen molar-refractivity contribution in [1.82, 2.24) is 16.0 Å². The van der Waals surface area contributed by atoms with E-state index in [9.17, 15) is 14.4 Å². The molecule has 2 atom stereocenters. The van der Waals surface area contributed by atoms with Crippen molar-refractivity contribution in [3.05, 3.63) is 0 Å². The molecule has 0 radical (unpaired) electrons. The summed E-state index contributed by atoms with van der Waals surface area (Å²) in [6, 6.07) is -0.715. The van der Waals surface area contributed by atoms with Crippen molar-refractivity contribution >= 4 is 61.3 Å². The van der Waals surface area contributed by atoms with Gasteiger partial charge in [0.2, 0.25) is 0 Å². The Morgan fingerprint density at radius 2 is 1.33 bits per heavy atom. The largest absolute Gasteiger partial charge is 2.00 e. The summed E-state index contributed by atoms with van der Waals surface area (Å²) in [6.45, 7) is 4.21. The molecule has 0 aromatic carbocycles. The van der Waals surface area contributed by atoms with Gasteiger partial charge in [-0.25, -0.2) is 4.79 Å². The quantitative estimate of drug-likeness (QED) is 0.0970. The molecule has 0 aliphatic rings. The first kappa shape index (κ1) is 30.8. The number of nitrogens with zero attached hydrogens (tertiary/aromatic N) is 1. The minimum atomic E-state index is -0.524. The van der Waals surface area contributed by atoms with Crippen LogP contribution in [0.25, 0.3) is 0 Å². The predicted octanol–water partition coefficient (Wildman–Crippen LogP) is -1.55. The normalized spacial score (nSPS) is 11.7. The van der Waals surface area contributed by atoms with Crippen LogP contribution in [-0.2, 0) is 9.59 Å². The van der Waals surface area contributed by atoms with Crippen molar-refractivity contribution in [1.29, 1.82) is 0 Å². The summed E-state index contributed by atoms with van der Waals surface area (Å²) in [4.78, 5) is 36.0. The molecule has 2 unspecified atom stereocenters. The van der Waals surface area contributed by atoms with Crippen LogP contribution in [0.15, 0.2) is 4.99 Å². The van der Waals surface area contributed by atoms with Gasteiger partial charge in [0.1, 0.15) is 11.6 Å². The first-order chi connectivity index (χ1) is 12.1. The molecule has 0 aromatic heterocycles. The first-order valence-electron chi connectivity index (χ1n) is 8.59. The van der Waals surface area contributed by atoms with Crippen molar-refractivity contribution in [2.75, 3.05) is 27.2 Å². The van der Waals surface area contributed by atoms with Gasteiger partial charge in [-0.05, 0) is 53.6 Å². The number of carbonyl (C=O) groups excluding carboxylic acids is 3. The summed E-state index contributed by atoms with van der Waals surface area (Å²) in [5.74, 6) is 0.359. The van der Waals surface area contributed by atoms with Gasteiger partial charge in [0, 0.05) is 13.1 Å². The maximum Gasteiger partial charge on any atom is 2.00 e. The minimum Gasteiger partial charge on any atom is -0.370 e. The predicted molar refractivity (Wildman–Crippen MR) is 110 cm³/mol. The Morgan fingerprint density at radius 1 is 0.889 bits per heavy atom. The van der Waals surface area contributed by atoms with Crippen molar-refractivity contribution in [3.63, 3.8) is 0 Å². The molecule has 11 heteroatoms. The van der Waals surface area contributed by atoms with E-state index >= 15 is 0 Å². The van der Waals surface area contributed by atoms with Crippen LogP contribution >= 0.6 is 0 Å². The third-order valence-electron chi connectivity index (χ3n) is 3.59. The van der Waals surface area contributed by atoms with Gasteiger partial charge in [0.25, 0.3) is 0 Å². The summed E-state index contributed by atoms with van der Waals surface area (Å²) in [5.41, 5.74) is 15.2. The molecule has 27 heavy (non-hydrogen) atoms. The number of aliphatic imine (C=N–C) groups is 1. The van der Waals surface area contributed by atoms with E-state index in [-0.39, 0.29) is 67.3 Å². The standard InChI is InChI=1S/C8H18N4O.C8H17N3O2.Ca/c1-6(13)7(11-2)4-3-5-12-8(9)10;1-6(12)7(10-2)4-3-5-11-8(9)13;/h7,11H,3-5H2,1-2H3,(H4,9,10,12);7,10H,3-5H2,1-2H3,(H3,9,11,13);/q;;+2. The van der Waals surface area contributed by atoms with E-state index in [0.717, 1.165) is 19.3 Å². The molecular weight excluding hydrogens is 378 g/mol. The van der Waals surface area contributed by atoms with Gasteiger partial charge < -0.3 is 33.2 Å². The van der Waals surface area contributed by atoms with Crippen LogP contribution in [0.2, 0.25) is 0 Å². The minimum absolute atomic E-state index is 0. The Labute approximate surface area is 191 Å². The molecule has 0 heterocycles. The number of primary amides is 1. The SMILES string of the molecule is CNC(CCCN=C(N)N)C(C)=O.CNC(CCCNC(N)=O)C(C)=O.[Ca+2]. The number of likely N-dealkylation sites (N-methyl/N-ethyl adjacent to an activating group) is 2. The number of ketones is 2. The number of urea groups is 1. The third-order valence-corrected chi connectivity index (χ3v) is 3.59. The Morgan fingerprint density at radius 3 is 1.67 bits per heavy atom. The molecule has 152 valence electrons. The monoisotopic (exact) mass is 413 g/mol. The molecule has 0 spiro atoms. The van der Waals surface area contributed by atoms with Gasteiger partial charge in [-0.1, -0.05) is 0 Å². The van der Waals surface area contributed by atoms with Gasteiger partial charge in [0.05, 0.1) is 12.1 Å². The van der Waals surface area contributed by atoms with E-state index in [4.69, 9.17) is 17.2 Å². The van der Waals surface area contributed by atoms with E-state index in [1.807, 2.05) is 0 Å². The van der Waals surface area contributed by atoms with Crippen LogP contribution in [0, 0.1) is 0 Å². The first-order valence-corrected chi connectivity index (χ1v) is 8.59. The zero-order chi connectivity index (χ0) is 20.5. The second-order valence-corrected chi connectivity index (χ2v) is 5.79. The molecule has 0 saturated heterocycles. The van der Waals surface area contributed by atoms with Crippen molar-refractivity contribution in [2.24, 2.45) is 22.2 Å². The number of amides is 2. The smallest absolute Gasteiger partial charge is 0.370 e. The van der Waals surface area contributed by atoms with E-state index in [1.54, 1.807) is 27.9 Å². The molecule has 0 fully saturated rings. The maximum atomic E-state index is 11.0. The summed E-state index contributed by atoms with van der Waals surface area (Å²) in [6.07, 6.45) is 3.03. The van der Waals surface area contributed by atoms with Gasteiger partial charge in [-0.3, -0.25) is 14.6 Å².